The number of benzene rings is 1. The van der Waals surface area contributed by atoms with Crippen LogP contribution in [0.15, 0.2) is 27.6 Å². The molecule has 0 spiro atoms. The first kappa shape index (κ1) is 18.4. The van der Waals surface area contributed by atoms with Crippen molar-refractivity contribution in [3.8, 4) is 0 Å². The van der Waals surface area contributed by atoms with E-state index in [9.17, 15) is 13.2 Å². The summed E-state index contributed by atoms with van der Waals surface area (Å²) < 4.78 is 27.4. The minimum Gasteiger partial charge on any atom is -0.349 e. The van der Waals surface area contributed by atoms with Crippen molar-refractivity contribution in [1.29, 1.82) is 0 Å². The topological polar surface area (TPSA) is 66.5 Å². The minimum atomic E-state index is -3.52. The lowest BCUT2D eigenvalue weighted by molar-refractivity contribution is 0.0934. The number of hydrogen-bond acceptors (Lipinski definition) is 3. The smallest absolute Gasteiger partial charge is 0.252 e. The van der Waals surface area contributed by atoms with Gasteiger partial charge in [0, 0.05) is 23.6 Å². The van der Waals surface area contributed by atoms with Crippen LogP contribution in [0.1, 0.15) is 49.9 Å². The third-order valence-corrected chi connectivity index (χ3v) is 6.79. The molecule has 0 aromatic heterocycles. The summed E-state index contributed by atoms with van der Waals surface area (Å²) in [6, 6.07) is 4.74. The molecule has 1 saturated heterocycles. The van der Waals surface area contributed by atoms with E-state index in [1.54, 1.807) is 12.1 Å². The fourth-order valence-electron chi connectivity index (χ4n) is 2.67. The third-order valence-electron chi connectivity index (χ3n) is 4.21. The van der Waals surface area contributed by atoms with Crippen molar-refractivity contribution < 1.29 is 13.2 Å². The van der Waals surface area contributed by atoms with Crippen LogP contribution in [0.4, 0.5) is 0 Å². The highest BCUT2D eigenvalue weighted by Gasteiger charge is 2.28. The van der Waals surface area contributed by atoms with Gasteiger partial charge in [-0.2, -0.15) is 4.31 Å². The molecule has 1 N–H and O–H groups in total. The van der Waals surface area contributed by atoms with Gasteiger partial charge in [0.05, 0.1) is 10.5 Å². The fraction of sp³-hybridized carbons (Fsp3) is 0.562. The molecule has 0 bridgehead atoms. The van der Waals surface area contributed by atoms with Gasteiger partial charge >= 0.3 is 0 Å². The van der Waals surface area contributed by atoms with E-state index in [0.29, 0.717) is 23.1 Å². The zero-order valence-corrected chi connectivity index (χ0v) is 15.9. The first-order chi connectivity index (χ1) is 10.9. The van der Waals surface area contributed by atoms with Crippen molar-refractivity contribution in [3.05, 3.63) is 28.2 Å². The lowest BCUT2D eigenvalue weighted by Crippen LogP contribution is -2.34. The SMILES string of the molecule is CCC(CC)NC(=O)c1cc(S(=O)(=O)N2CCCC2)ccc1Br. The first-order valence-corrected chi connectivity index (χ1v) is 10.2. The number of carbonyl (C=O) groups is 1. The van der Waals surface area contributed by atoms with E-state index in [4.69, 9.17) is 0 Å². The summed E-state index contributed by atoms with van der Waals surface area (Å²) >= 11 is 3.35. The van der Waals surface area contributed by atoms with Crippen molar-refractivity contribution in [1.82, 2.24) is 9.62 Å². The molecule has 0 atom stereocenters. The fourth-order valence-corrected chi connectivity index (χ4v) is 4.64. The van der Waals surface area contributed by atoms with E-state index in [2.05, 4.69) is 21.2 Å². The van der Waals surface area contributed by atoms with E-state index in [1.165, 1.54) is 10.4 Å². The molecule has 7 heteroatoms. The molecule has 0 saturated carbocycles. The zero-order valence-electron chi connectivity index (χ0n) is 13.5. The Morgan fingerprint density at radius 1 is 1.26 bits per heavy atom. The molecular formula is C16H23BrN2O3S. The standard InChI is InChI=1S/C16H23BrN2O3S/c1-3-12(4-2)18-16(20)14-11-13(7-8-15(14)17)23(21,22)19-9-5-6-10-19/h7-8,11-12H,3-6,9-10H2,1-2H3,(H,18,20). The number of amides is 1. The number of nitrogens with zero attached hydrogens (tertiary/aromatic N) is 1. The Bertz CT molecular complexity index is 666. The van der Waals surface area contributed by atoms with Crippen molar-refractivity contribution >= 4 is 31.9 Å². The summed E-state index contributed by atoms with van der Waals surface area (Å²) in [5.74, 6) is -0.246. The van der Waals surface area contributed by atoms with Gasteiger partial charge in [-0.1, -0.05) is 13.8 Å². The molecule has 1 amide bonds. The predicted molar refractivity (Wildman–Crippen MR) is 94.0 cm³/mol. The number of hydrogen-bond donors (Lipinski definition) is 1. The van der Waals surface area contributed by atoms with Crippen LogP contribution in [0.25, 0.3) is 0 Å². The van der Waals surface area contributed by atoms with E-state index in [0.717, 1.165) is 25.7 Å². The second-order valence-corrected chi connectivity index (χ2v) is 8.53. The second kappa shape index (κ2) is 7.77. The quantitative estimate of drug-likeness (QED) is 0.794. The van der Waals surface area contributed by atoms with Crippen LogP contribution < -0.4 is 5.32 Å². The number of rotatable bonds is 6. The molecule has 1 aliphatic heterocycles. The summed E-state index contributed by atoms with van der Waals surface area (Å²) in [6.07, 6.45) is 3.45. The molecular weight excluding hydrogens is 380 g/mol. The predicted octanol–water partition coefficient (Wildman–Crippen LogP) is 3.15. The Morgan fingerprint density at radius 2 is 1.87 bits per heavy atom. The Hall–Kier alpha value is -0.920. The third kappa shape index (κ3) is 4.14. The maximum Gasteiger partial charge on any atom is 0.252 e. The van der Waals surface area contributed by atoms with Crippen LogP contribution in [0.5, 0.6) is 0 Å². The second-order valence-electron chi connectivity index (χ2n) is 5.74. The minimum absolute atomic E-state index is 0.0910. The first-order valence-electron chi connectivity index (χ1n) is 8.00. The van der Waals surface area contributed by atoms with Crippen LogP contribution >= 0.6 is 15.9 Å². The van der Waals surface area contributed by atoms with Gasteiger partial charge in [0.15, 0.2) is 0 Å². The molecule has 1 aromatic rings. The van der Waals surface area contributed by atoms with Crippen LogP contribution in [0.3, 0.4) is 0 Å². The van der Waals surface area contributed by atoms with Gasteiger partial charge < -0.3 is 5.32 Å². The van der Waals surface area contributed by atoms with Gasteiger partial charge in [-0.25, -0.2) is 8.42 Å². The van der Waals surface area contributed by atoms with Gasteiger partial charge in [-0.15, -0.1) is 0 Å². The number of carbonyl (C=O) groups excluding carboxylic acids is 1. The molecule has 0 unspecified atom stereocenters. The summed E-state index contributed by atoms with van der Waals surface area (Å²) in [6.45, 7) is 5.12. The van der Waals surface area contributed by atoms with E-state index in [-0.39, 0.29) is 16.8 Å². The average Bonchev–Trinajstić information content (AvgIpc) is 3.07. The molecule has 2 rings (SSSR count). The van der Waals surface area contributed by atoms with Crippen LogP contribution in [0.2, 0.25) is 0 Å². The Kier molecular flexibility index (Phi) is 6.22. The largest absolute Gasteiger partial charge is 0.349 e. The van der Waals surface area contributed by atoms with Crippen molar-refractivity contribution in [3.63, 3.8) is 0 Å². The van der Waals surface area contributed by atoms with E-state index in [1.807, 2.05) is 13.8 Å². The maximum absolute atomic E-state index is 12.6. The molecule has 1 heterocycles. The Balaban J connectivity index is 2.30. The van der Waals surface area contributed by atoms with Gasteiger partial charge in [0.25, 0.3) is 5.91 Å². The molecule has 5 nitrogen and oxygen atoms in total. The highest BCUT2D eigenvalue weighted by atomic mass is 79.9. The lowest BCUT2D eigenvalue weighted by Gasteiger charge is -2.18. The number of halogens is 1. The lowest BCUT2D eigenvalue weighted by atomic mass is 10.1. The summed E-state index contributed by atoms with van der Waals surface area (Å²) in [5, 5.41) is 2.94. The number of sulfonamides is 1. The molecule has 1 aliphatic rings. The van der Waals surface area contributed by atoms with Gasteiger partial charge in [0.2, 0.25) is 10.0 Å². The van der Waals surface area contributed by atoms with E-state index < -0.39 is 10.0 Å². The van der Waals surface area contributed by atoms with Crippen molar-refractivity contribution in [2.24, 2.45) is 0 Å². The zero-order chi connectivity index (χ0) is 17.0. The summed E-state index contributed by atoms with van der Waals surface area (Å²) in [4.78, 5) is 12.6. The molecule has 1 aromatic carbocycles. The van der Waals surface area contributed by atoms with Crippen LogP contribution in [0, 0.1) is 0 Å². The number of nitrogens with one attached hydrogen (secondary N) is 1. The average molecular weight is 403 g/mol. The summed E-state index contributed by atoms with van der Waals surface area (Å²) in [5.41, 5.74) is 0.358. The molecule has 128 valence electrons. The molecule has 0 radical (unpaired) electrons. The molecule has 23 heavy (non-hydrogen) atoms. The molecule has 1 fully saturated rings. The highest BCUT2D eigenvalue weighted by molar-refractivity contribution is 9.10. The van der Waals surface area contributed by atoms with Crippen molar-refractivity contribution in [2.45, 2.75) is 50.5 Å². The normalized spacial score (nSPS) is 16.0. The maximum atomic E-state index is 12.6. The summed E-state index contributed by atoms with van der Waals surface area (Å²) in [7, 11) is -3.52. The highest BCUT2D eigenvalue weighted by Crippen LogP contribution is 2.25. The van der Waals surface area contributed by atoms with Gasteiger partial charge in [-0.05, 0) is 59.8 Å². The van der Waals surface area contributed by atoms with Crippen molar-refractivity contribution in [2.75, 3.05) is 13.1 Å². The van der Waals surface area contributed by atoms with Gasteiger partial charge in [0.1, 0.15) is 0 Å². The Morgan fingerprint density at radius 3 is 2.43 bits per heavy atom. The molecule has 0 aliphatic carbocycles. The van der Waals surface area contributed by atoms with E-state index >= 15 is 0 Å². The Labute approximate surface area is 146 Å². The van der Waals surface area contributed by atoms with Gasteiger partial charge in [-0.3, -0.25) is 4.79 Å². The van der Waals surface area contributed by atoms with Crippen LogP contribution in [-0.2, 0) is 10.0 Å². The van der Waals surface area contributed by atoms with Crippen LogP contribution in [-0.4, -0.2) is 37.8 Å². The monoisotopic (exact) mass is 402 g/mol.